The van der Waals surface area contributed by atoms with Crippen molar-refractivity contribution in [2.45, 2.75) is 53.5 Å². The van der Waals surface area contributed by atoms with E-state index in [0.29, 0.717) is 31.3 Å². The topological polar surface area (TPSA) is 71.8 Å². The highest BCUT2D eigenvalue weighted by molar-refractivity contribution is 5.76. The standard InChI is InChI=1S/C21H33N5O2/c1-14(2)19(25-8-10-28-11-9-25)13-22-21(27)7-6-18-16(4)23-20-12-15(3)24-26(20)17(18)5/h12,14,19H,6-11,13H2,1-5H3,(H,22,27). The molecule has 3 rings (SSSR count). The summed E-state index contributed by atoms with van der Waals surface area (Å²) in [6.07, 6.45) is 1.14. The van der Waals surface area contributed by atoms with Crippen molar-refractivity contribution in [3.8, 4) is 0 Å². The number of morpholine rings is 1. The number of nitrogens with one attached hydrogen (secondary N) is 1. The van der Waals surface area contributed by atoms with Crippen LogP contribution in [0, 0.1) is 26.7 Å². The second kappa shape index (κ2) is 9.01. The minimum absolute atomic E-state index is 0.0921. The molecule has 0 spiro atoms. The molecule has 154 valence electrons. The highest BCUT2D eigenvalue weighted by Gasteiger charge is 2.24. The number of rotatable bonds is 7. The number of aryl methyl sites for hydroxylation is 3. The zero-order valence-electron chi connectivity index (χ0n) is 17.8. The van der Waals surface area contributed by atoms with Gasteiger partial charge in [0, 0.05) is 49.6 Å². The summed E-state index contributed by atoms with van der Waals surface area (Å²) < 4.78 is 7.33. The molecular formula is C21H33N5O2. The second-order valence-electron chi connectivity index (χ2n) is 8.08. The molecule has 0 aromatic carbocycles. The Bertz CT molecular complexity index is 824. The number of aromatic nitrogens is 3. The monoisotopic (exact) mass is 387 g/mol. The van der Waals surface area contributed by atoms with Crippen LogP contribution in [0.2, 0.25) is 0 Å². The smallest absolute Gasteiger partial charge is 0.220 e. The summed E-state index contributed by atoms with van der Waals surface area (Å²) >= 11 is 0. The molecule has 0 radical (unpaired) electrons. The fourth-order valence-corrected chi connectivity index (χ4v) is 4.04. The van der Waals surface area contributed by atoms with E-state index in [-0.39, 0.29) is 5.91 Å². The van der Waals surface area contributed by atoms with Gasteiger partial charge in [0.15, 0.2) is 5.65 Å². The minimum Gasteiger partial charge on any atom is -0.379 e. The largest absolute Gasteiger partial charge is 0.379 e. The number of amides is 1. The third kappa shape index (κ3) is 4.70. The Morgan fingerprint density at radius 1 is 1.25 bits per heavy atom. The Morgan fingerprint density at radius 3 is 2.64 bits per heavy atom. The molecule has 1 fully saturated rings. The molecule has 1 N–H and O–H groups in total. The SMILES string of the molecule is Cc1cc2nc(C)c(CCC(=O)NCC(C(C)C)N3CCOCC3)c(C)n2n1. The lowest BCUT2D eigenvalue weighted by Crippen LogP contribution is -2.51. The molecule has 0 bridgehead atoms. The second-order valence-corrected chi connectivity index (χ2v) is 8.08. The van der Waals surface area contributed by atoms with Crippen molar-refractivity contribution < 1.29 is 9.53 Å². The van der Waals surface area contributed by atoms with Crippen LogP contribution >= 0.6 is 0 Å². The molecule has 1 aliphatic heterocycles. The fraction of sp³-hybridized carbons (Fsp3) is 0.667. The maximum absolute atomic E-state index is 12.5. The zero-order valence-corrected chi connectivity index (χ0v) is 17.8. The van der Waals surface area contributed by atoms with Gasteiger partial charge in [-0.2, -0.15) is 5.10 Å². The summed E-state index contributed by atoms with van der Waals surface area (Å²) in [4.78, 5) is 19.6. The quantitative estimate of drug-likeness (QED) is 0.787. The lowest BCUT2D eigenvalue weighted by molar-refractivity contribution is -0.121. The van der Waals surface area contributed by atoms with E-state index in [2.05, 4.69) is 41.1 Å². The van der Waals surface area contributed by atoms with Crippen LogP contribution in [0.15, 0.2) is 6.07 Å². The van der Waals surface area contributed by atoms with E-state index >= 15 is 0 Å². The van der Waals surface area contributed by atoms with Gasteiger partial charge in [-0.05, 0) is 38.7 Å². The predicted molar refractivity (Wildman–Crippen MR) is 110 cm³/mol. The van der Waals surface area contributed by atoms with Gasteiger partial charge in [0.2, 0.25) is 5.91 Å². The summed E-state index contributed by atoms with van der Waals surface area (Å²) in [5.41, 5.74) is 4.97. The van der Waals surface area contributed by atoms with Crippen LogP contribution in [0.4, 0.5) is 0 Å². The Morgan fingerprint density at radius 2 is 1.96 bits per heavy atom. The number of hydrogen-bond acceptors (Lipinski definition) is 5. The van der Waals surface area contributed by atoms with Crippen LogP contribution in [-0.4, -0.2) is 64.3 Å². The molecule has 1 atom stereocenters. The van der Waals surface area contributed by atoms with E-state index in [9.17, 15) is 4.79 Å². The molecule has 7 nitrogen and oxygen atoms in total. The molecule has 1 aliphatic rings. The number of ether oxygens (including phenoxy) is 1. The first-order valence-corrected chi connectivity index (χ1v) is 10.3. The van der Waals surface area contributed by atoms with Gasteiger partial charge in [0.25, 0.3) is 0 Å². The molecule has 0 aliphatic carbocycles. The lowest BCUT2D eigenvalue weighted by atomic mass is 10.0. The van der Waals surface area contributed by atoms with E-state index < -0.39 is 0 Å². The van der Waals surface area contributed by atoms with Crippen LogP contribution in [0.1, 0.15) is 42.9 Å². The first-order chi connectivity index (χ1) is 13.4. The summed E-state index contributed by atoms with van der Waals surface area (Å²) in [6.45, 7) is 14.6. The molecule has 1 unspecified atom stereocenters. The number of carbonyl (C=O) groups excluding carboxylic acids is 1. The molecule has 2 aromatic heterocycles. The van der Waals surface area contributed by atoms with Crippen LogP contribution in [-0.2, 0) is 16.0 Å². The van der Waals surface area contributed by atoms with E-state index in [0.717, 1.165) is 54.6 Å². The van der Waals surface area contributed by atoms with Gasteiger partial charge in [-0.15, -0.1) is 0 Å². The molecule has 7 heteroatoms. The van der Waals surface area contributed by atoms with Gasteiger partial charge in [-0.1, -0.05) is 13.8 Å². The summed E-state index contributed by atoms with van der Waals surface area (Å²) in [5.74, 6) is 0.576. The van der Waals surface area contributed by atoms with Crippen LogP contribution in [0.5, 0.6) is 0 Å². The number of hydrogen-bond donors (Lipinski definition) is 1. The molecular weight excluding hydrogens is 354 g/mol. The van der Waals surface area contributed by atoms with Gasteiger partial charge in [0.05, 0.1) is 18.9 Å². The van der Waals surface area contributed by atoms with Gasteiger partial charge < -0.3 is 10.1 Å². The van der Waals surface area contributed by atoms with Crippen LogP contribution in [0.25, 0.3) is 5.65 Å². The summed E-state index contributed by atoms with van der Waals surface area (Å²) in [5, 5.41) is 7.66. The summed E-state index contributed by atoms with van der Waals surface area (Å²) in [6, 6.07) is 2.33. The maximum Gasteiger partial charge on any atom is 0.220 e. The predicted octanol–water partition coefficient (Wildman–Crippen LogP) is 2.06. The third-order valence-electron chi connectivity index (χ3n) is 5.68. The number of fused-ring (bicyclic) bond motifs is 1. The molecule has 2 aromatic rings. The van der Waals surface area contributed by atoms with Crippen molar-refractivity contribution in [3.63, 3.8) is 0 Å². The van der Waals surface area contributed by atoms with Crippen molar-refractivity contribution in [3.05, 3.63) is 28.7 Å². The molecule has 0 saturated carbocycles. The maximum atomic E-state index is 12.5. The van der Waals surface area contributed by atoms with E-state index in [1.54, 1.807) is 0 Å². The third-order valence-corrected chi connectivity index (χ3v) is 5.68. The van der Waals surface area contributed by atoms with Gasteiger partial charge in [-0.25, -0.2) is 9.50 Å². The molecule has 1 amide bonds. The van der Waals surface area contributed by atoms with Crippen molar-refractivity contribution >= 4 is 11.6 Å². The average molecular weight is 388 g/mol. The summed E-state index contributed by atoms with van der Waals surface area (Å²) in [7, 11) is 0. The number of nitrogens with zero attached hydrogens (tertiary/aromatic N) is 4. The van der Waals surface area contributed by atoms with Crippen molar-refractivity contribution in [2.75, 3.05) is 32.8 Å². The van der Waals surface area contributed by atoms with E-state index in [1.807, 2.05) is 24.4 Å². The average Bonchev–Trinajstić information content (AvgIpc) is 3.02. The highest BCUT2D eigenvalue weighted by atomic mass is 16.5. The van der Waals surface area contributed by atoms with Gasteiger partial charge in [0.1, 0.15) is 0 Å². The molecule has 1 saturated heterocycles. The van der Waals surface area contributed by atoms with E-state index in [4.69, 9.17) is 4.74 Å². The highest BCUT2D eigenvalue weighted by Crippen LogP contribution is 2.17. The van der Waals surface area contributed by atoms with Crippen molar-refractivity contribution in [1.29, 1.82) is 0 Å². The fourth-order valence-electron chi connectivity index (χ4n) is 4.04. The van der Waals surface area contributed by atoms with Crippen molar-refractivity contribution in [2.24, 2.45) is 5.92 Å². The Labute approximate surface area is 167 Å². The number of carbonyl (C=O) groups is 1. The lowest BCUT2D eigenvalue weighted by Gasteiger charge is -2.36. The van der Waals surface area contributed by atoms with Gasteiger partial charge >= 0.3 is 0 Å². The van der Waals surface area contributed by atoms with Crippen LogP contribution in [0.3, 0.4) is 0 Å². The Balaban J connectivity index is 1.58. The van der Waals surface area contributed by atoms with Crippen LogP contribution < -0.4 is 5.32 Å². The minimum atomic E-state index is 0.0921. The Kier molecular flexibility index (Phi) is 6.67. The van der Waals surface area contributed by atoms with E-state index in [1.165, 1.54) is 0 Å². The zero-order chi connectivity index (χ0) is 20.3. The first kappa shape index (κ1) is 20.7. The Hall–Kier alpha value is -1.99. The van der Waals surface area contributed by atoms with Crippen molar-refractivity contribution in [1.82, 2.24) is 24.8 Å². The molecule has 3 heterocycles. The normalized spacial score (nSPS) is 16.6. The molecule has 28 heavy (non-hydrogen) atoms. The van der Waals surface area contributed by atoms with Gasteiger partial charge in [-0.3, -0.25) is 9.69 Å². The first-order valence-electron chi connectivity index (χ1n) is 10.3.